The summed E-state index contributed by atoms with van der Waals surface area (Å²) in [5.41, 5.74) is 9.16. The van der Waals surface area contributed by atoms with Crippen LogP contribution in [0.4, 0.5) is 0 Å². The molecule has 8 heteroatoms. The number of carbonyl (C=O) groups excluding carboxylic acids is 1. The van der Waals surface area contributed by atoms with Crippen molar-refractivity contribution in [3.8, 4) is 0 Å². The fraction of sp³-hybridized carbons (Fsp3) is 0.588. The van der Waals surface area contributed by atoms with Crippen LogP contribution in [0.1, 0.15) is 37.0 Å². The molecular formula is C17H23N3O5. The zero-order chi connectivity index (χ0) is 18.2. The Bertz CT molecular complexity index is 606. The number of esters is 1. The van der Waals surface area contributed by atoms with Gasteiger partial charge in [0.2, 0.25) is 0 Å². The van der Waals surface area contributed by atoms with E-state index in [4.69, 9.17) is 19.7 Å². The maximum absolute atomic E-state index is 12.3. The van der Waals surface area contributed by atoms with Gasteiger partial charge in [0.1, 0.15) is 6.10 Å². The zero-order valence-electron chi connectivity index (χ0n) is 14.3. The van der Waals surface area contributed by atoms with E-state index < -0.39 is 36.6 Å². The number of aliphatic hydroxyl groups is 1. The molecule has 0 aliphatic carbocycles. The van der Waals surface area contributed by atoms with Crippen LogP contribution in [0.2, 0.25) is 0 Å². The number of benzene rings is 1. The van der Waals surface area contributed by atoms with Crippen molar-refractivity contribution < 1.29 is 24.1 Å². The first-order valence-corrected chi connectivity index (χ1v) is 8.33. The van der Waals surface area contributed by atoms with E-state index in [0.717, 1.165) is 12.8 Å². The second-order valence-corrected chi connectivity index (χ2v) is 5.85. The van der Waals surface area contributed by atoms with Crippen LogP contribution in [-0.2, 0) is 14.2 Å². The lowest BCUT2D eigenvalue weighted by Gasteiger charge is -2.41. The van der Waals surface area contributed by atoms with E-state index >= 15 is 0 Å². The minimum atomic E-state index is -1.36. The lowest BCUT2D eigenvalue weighted by Crippen LogP contribution is -2.58. The number of hydrogen-bond donors (Lipinski definition) is 1. The van der Waals surface area contributed by atoms with Gasteiger partial charge in [0.15, 0.2) is 12.4 Å². The minimum Gasteiger partial charge on any atom is -0.451 e. The Morgan fingerprint density at radius 1 is 1.36 bits per heavy atom. The Morgan fingerprint density at radius 3 is 2.72 bits per heavy atom. The molecule has 1 aliphatic rings. The molecule has 0 spiro atoms. The molecule has 8 nitrogen and oxygen atoms in total. The molecule has 1 fully saturated rings. The highest BCUT2D eigenvalue weighted by atomic mass is 16.7. The van der Waals surface area contributed by atoms with E-state index in [1.165, 1.54) is 0 Å². The SMILES string of the molecule is CCCCOC1[C@H](N=[N+]=[N-])C(C)O[C@H](O)[C@@H]1OC(=O)c1ccccc1. The molecule has 136 valence electrons. The molecular weight excluding hydrogens is 326 g/mol. The highest BCUT2D eigenvalue weighted by molar-refractivity contribution is 5.89. The molecule has 1 aliphatic heterocycles. The maximum atomic E-state index is 12.3. The summed E-state index contributed by atoms with van der Waals surface area (Å²) in [5, 5.41) is 14.0. The van der Waals surface area contributed by atoms with E-state index in [2.05, 4.69) is 10.0 Å². The fourth-order valence-corrected chi connectivity index (χ4v) is 2.67. The zero-order valence-corrected chi connectivity index (χ0v) is 14.3. The van der Waals surface area contributed by atoms with Gasteiger partial charge in [-0.1, -0.05) is 36.7 Å². The summed E-state index contributed by atoms with van der Waals surface area (Å²) in [6.45, 7) is 4.09. The third kappa shape index (κ3) is 4.93. The van der Waals surface area contributed by atoms with Crippen LogP contribution < -0.4 is 0 Å². The first-order valence-electron chi connectivity index (χ1n) is 8.33. The van der Waals surface area contributed by atoms with Crippen LogP contribution in [0, 0.1) is 0 Å². The molecule has 2 rings (SSSR count). The number of ether oxygens (including phenoxy) is 3. The molecule has 2 unspecified atom stereocenters. The van der Waals surface area contributed by atoms with Crippen molar-refractivity contribution in [3.05, 3.63) is 46.3 Å². The van der Waals surface area contributed by atoms with Crippen LogP contribution >= 0.6 is 0 Å². The van der Waals surface area contributed by atoms with Crippen molar-refractivity contribution in [1.82, 2.24) is 0 Å². The Kier molecular flexibility index (Phi) is 7.21. The van der Waals surface area contributed by atoms with Gasteiger partial charge in [0.05, 0.1) is 17.7 Å². The quantitative estimate of drug-likeness (QED) is 0.267. The number of hydrogen-bond acceptors (Lipinski definition) is 6. The van der Waals surface area contributed by atoms with E-state index in [1.807, 2.05) is 6.92 Å². The predicted molar refractivity (Wildman–Crippen MR) is 89.8 cm³/mol. The monoisotopic (exact) mass is 349 g/mol. The van der Waals surface area contributed by atoms with Gasteiger partial charge in [0.25, 0.3) is 0 Å². The summed E-state index contributed by atoms with van der Waals surface area (Å²) in [4.78, 5) is 15.2. The fourth-order valence-electron chi connectivity index (χ4n) is 2.67. The van der Waals surface area contributed by atoms with E-state index in [9.17, 15) is 9.90 Å². The average Bonchev–Trinajstić information content (AvgIpc) is 2.61. The maximum Gasteiger partial charge on any atom is 0.338 e. The molecule has 0 radical (unpaired) electrons. The van der Waals surface area contributed by atoms with Crippen LogP contribution in [0.3, 0.4) is 0 Å². The Morgan fingerprint density at radius 2 is 2.08 bits per heavy atom. The molecule has 1 aromatic rings. The topological polar surface area (TPSA) is 114 Å². The molecule has 25 heavy (non-hydrogen) atoms. The van der Waals surface area contributed by atoms with Crippen molar-refractivity contribution in [2.75, 3.05) is 6.61 Å². The molecule has 0 saturated carbocycles. The van der Waals surface area contributed by atoms with Gasteiger partial charge in [-0.05, 0) is 31.0 Å². The van der Waals surface area contributed by atoms with E-state index in [-0.39, 0.29) is 0 Å². The van der Waals surface area contributed by atoms with Gasteiger partial charge in [0, 0.05) is 11.5 Å². The predicted octanol–water partition coefficient (Wildman–Crippen LogP) is 2.81. The molecule has 0 amide bonds. The third-order valence-corrected chi connectivity index (χ3v) is 4.02. The van der Waals surface area contributed by atoms with Crippen molar-refractivity contribution >= 4 is 5.97 Å². The van der Waals surface area contributed by atoms with Crippen LogP contribution in [0.15, 0.2) is 35.4 Å². The summed E-state index contributed by atoms with van der Waals surface area (Å²) in [5.74, 6) is -0.605. The number of carbonyl (C=O) groups is 1. The summed E-state index contributed by atoms with van der Waals surface area (Å²) >= 11 is 0. The first kappa shape index (κ1) is 19.2. The number of aliphatic hydroxyl groups excluding tert-OH is 1. The van der Waals surface area contributed by atoms with Crippen LogP contribution in [0.25, 0.3) is 10.4 Å². The summed E-state index contributed by atoms with van der Waals surface area (Å²) < 4.78 is 16.6. The van der Waals surface area contributed by atoms with Crippen molar-refractivity contribution in [1.29, 1.82) is 0 Å². The highest BCUT2D eigenvalue weighted by Crippen LogP contribution is 2.28. The van der Waals surface area contributed by atoms with Crippen molar-refractivity contribution in [2.45, 2.75) is 57.3 Å². The summed E-state index contributed by atoms with van der Waals surface area (Å²) in [6, 6.07) is 7.72. The molecule has 0 bridgehead atoms. The second kappa shape index (κ2) is 9.39. The molecule has 5 atom stereocenters. The van der Waals surface area contributed by atoms with Gasteiger partial charge in [-0.25, -0.2) is 4.79 Å². The molecule has 1 aromatic carbocycles. The minimum absolute atomic E-state index is 0.348. The van der Waals surface area contributed by atoms with Gasteiger partial charge < -0.3 is 19.3 Å². The lowest BCUT2D eigenvalue weighted by atomic mass is 9.97. The van der Waals surface area contributed by atoms with Gasteiger partial charge in [-0.2, -0.15) is 0 Å². The largest absolute Gasteiger partial charge is 0.451 e. The van der Waals surface area contributed by atoms with Crippen molar-refractivity contribution in [3.63, 3.8) is 0 Å². The lowest BCUT2D eigenvalue weighted by molar-refractivity contribution is -0.257. The number of azide groups is 1. The van der Waals surface area contributed by atoms with Gasteiger partial charge in [-0.15, -0.1) is 0 Å². The average molecular weight is 349 g/mol. The normalized spacial score (nSPS) is 28.8. The summed E-state index contributed by atoms with van der Waals surface area (Å²) in [7, 11) is 0. The Balaban J connectivity index is 2.20. The number of rotatable bonds is 7. The third-order valence-electron chi connectivity index (χ3n) is 4.02. The standard InChI is InChI=1S/C17H23N3O5/c1-3-4-10-23-14-13(19-20-18)11(2)24-17(22)15(14)25-16(21)12-8-6-5-7-9-12/h5-9,11,13-15,17,22H,3-4,10H2,1-2H3/t11?,13-,14?,15-,17+/m1/s1. The van der Waals surface area contributed by atoms with Gasteiger partial charge >= 0.3 is 5.97 Å². The second-order valence-electron chi connectivity index (χ2n) is 5.85. The number of unbranched alkanes of at least 4 members (excludes halogenated alkanes) is 1. The van der Waals surface area contributed by atoms with E-state index in [0.29, 0.717) is 12.2 Å². The molecule has 1 N–H and O–H groups in total. The van der Waals surface area contributed by atoms with Gasteiger partial charge in [-0.3, -0.25) is 0 Å². The number of nitrogens with zero attached hydrogens (tertiary/aromatic N) is 3. The molecule has 1 heterocycles. The Labute approximate surface area is 146 Å². The van der Waals surface area contributed by atoms with E-state index in [1.54, 1.807) is 37.3 Å². The highest BCUT2D eigenvalue weighted by Gasteiger charge is 2.46. The molecule has 1 saturated heterocycles. The van der Waals surface area contributed by atoms with Crippen molar-refractivity contribution in [2.24, 2.45) is 5.11 Å². The van der Waals surface area contributed by atoms with Crippen LogP contribution in [-0.4, -0.2) is 48.3 Å². The summed E-state index contributed by atoms with van der Waals surface area (Å²) in [6.07, 6.45) is -2.08. The molecule has 0 aromatic heterocycles. The first-order chi connectivity index (χ1) is 12.1. The Hall–Kier alpha value is -2.12. The van der Waals surface area contributed by atoms with Crippen LogP contribution in [0.5, 0.6) is 0 Å². The smallest absolute Gasteiger partial charge is 0.338 e.